The summed E-state index contributed by atoms with van der Waals surface area (Å²) in [6.45, 7) is 7.75. The van der Waals surface area contributed by atoms with Gasteiger partial charge in [-0.2, -0.15) is 0 Å². The Hall–Kier alpha value is -2.54. The number of fused-ring (bicyclic) bond motifs is 1. The molecule has 2 heterocycles. The van der Waals surface area contributed by atoms with Crippen molar-refractivity contribution in [2.45, 2.75) is 26.7 Å². The normalized spacial score (nSPS) is 17.1. The lowest BCUT2D eigenvalue weighted by atomic mass is 10.00. The Morgan fingerprint density at radius 2 is 1.67 bits per heavy atom. The van der Waals surface area contributed by atoms with E-state index in [-0.39, 0.29) is 5.91 Å². The number of sulfonamides is 1. The molecule has 0 radical (unpaired) electrons. The molecule has 1 saturated heterocycles. The Bertz CT molecular complexity index is 1070. The molecule has 0 aromatic heterocycles. The van der Waals surface area contributed by atoms with Gasteiger partial charge in [-0.1, -0.05) is 12.1 Å². The maximum Gasteiger partial charge on any atom is 0.253 e. The van der Waals surface area contributed by atoms with Gasteiger partial charge in [-0.25, -0.2) is 8.42 Å². The Kier molecular flexibility index (Phi) is 5.49. The van der Waals surface area contributed by atoms with Crippen molar-refractivity contribution in [1.82, 2.24) is 4.90 Å². The fourth-order valence-corrected chi connectivity index (χ4v) is 5.45. The van der Waals surface area contributed by atoms with Crippen molar-refractivity contribution in [3.05, 3.63) is 58.7 Å². The number of hydrogen-bond acceptors (Lipinski definition) is 4. The molecule has 0 atom stereocenters. The lowest BCUT2D eigenvalue weighted by Crippen LogP contribution is -2.49. The van der Waals surface area contributed by atoms with Crippen LogP contribution in [-0.4, -0.2) is 58.2 Å². The molecule has 7 heteroatoms. The van der Waals surface area contributed by atoms with E-state index in [9.17, 15) is 13.2 Å². The molecule has 6 nitrogen and oxygen atoms in total. The molecule has 0 N–H and O–H groups in total. The highest BCUT2D eigenvalue weighted by atomic mass is 32.2. The second kappa shape index (κ2) is 7.95. The number of piperazine rings is 1. The summed E-state index contributed by atoms with van der Waals surface area (Å²) in [5, 5.41) is 0. The molecule has 0 unspecified atom stereocenters. The van der Waals surface area contributed by atoms with Crippen LogP contribution in [0.25, 0.3) is 0 Å². The van der Waals surface area contributed by atoms with E-state index < -0.39 is 10.0 Å². The van der Waals surface area contributed by atoms with Crippen molar-refractivity contribution in [2.24, 2.45) is 0 Å². The van der Waals surface area contributed by atoms with Crippen molar-refractivity contribution in [2.75, 3.05) is 48.2 Å². The Labute approximate surface area is 179 Å². The molecule has 1 amide bonds. The Morgan fingerprint density at radius 1 is 0.933 bits per heavy atom. The predicted molar refractivity (Wildman–Crippen MR) is 121 cm³/mol. The highest BCUT2D eigenvalue weighted by molar-refractivity contribution is 7.92. The van der Waals surface area contributed by atoms with Gasteiger partial charge < -0.3 is 9.80 Å². The molecule has 2 aromatic rings. The number of rotatable bonds is 3. The number of aryl methyl sites for hydroxylation is 2. The number of amides is 1. The zero-order valence-electron chi connectivity index (χ0n) is 17.9. The summed E-state index contributed by atoms with van der Waals surface area (Å²) >= 11 is 0. The number of nitrogens with zero attached hydrogens (tertiary/aromatic N) is 3. The zero-order valence-corrected chi connectivity index (χ0v) is 18.7. The largest absolute Gasteiger partial charge is 0.368 e. The molecule has 30 heavy (non-hydrogen) atoms. The highest BCUT2D eigenvalue weighted by Gasteiger charge is 2.27. The van der Waals surface area contributed by atoms with Crippen LogP contribution in [0.15, 0.2) is 36.4 Å². The summed E-state index contributed by atoms with van der Waals surface area (Å²) in [6, 6.07) is 11.8. The molecule has 4 rings (SSSR count). The van der Waals surface area contributed by atoms with Crippen molar-refractivity contribution in [3.8, 4) is 0 Å². The topological polar surface area (TPSA) is 60.9 Å². The van der Waals surface area contributed by atoms with Gasteiger partial charge in [0.2, 0.25) is 10.0 Å². The first-order valence-electron chi connectivity index (χ1n) is 10.5. The number of anilines is 2. The zero-order chi connectivity index (χ0) is 21.5. The van der Waals surface area contributed by atoms with Gasteiger partial charge >= 0.3 is 0 Å². The molecule has 0 aliphatic carbocycles. The van der Waals surface area contributed by atoms with Crippen molar-refractivity contribution in [3.63, 3.8) is 0 Å². The minimum atomic E-state index is -3.30. The smallest absolute Gasteiger partial charge is 0.253 e. The van der Waals surface area contributed by atoms with Gasteiger partial charge in [-0.15, -0.1) is 0 Å². The summed E-state index contributed by atoms with van der Waals surface area (Å²) < 4.78 is 25.6. The lowest BCUT2D eigenvalue weighted by molar-refractivity contribution is 0.0746. The van der Waals surface area contributed by atoms with E-state index in [4.69, 9.17) is 0 Å². The van der Waals surface area contributed by atoms with Crippen molar-refractivity contribution in [1.29, 1.82) is 0 Å². The monoisotopic (exact) mass is 427 g/mol. The summed E-state index contributed by atoms with van der Waals surface area (Å²) in [4.78, 5) is 17.4. The van der Waals surface area contributed by atoms with E-state index in [1.54, 1.807) is 12.1 Å². The minimum Gasteiger partial charge on any atom is -0.368 e. The Balaban J connectivity index is 1.48. The lowest BCUT2D eigenvalue weighted by Gasteiger charge is -2.37. The molecule has 0 bridgehead atoms. The first-order chi connectivity index (χ1) is 14.3. The van der Waals surface area contributed by atoms with Gasteiger partial charge in [-0.05, 0) is 67.6 Å². The van der Waals surface area contributed by atoms with Crippen LogP contribution in [0.5, 0.6) is 0 Å². The number of benzene rings is 2. The highest BCUT2D eigenvalue weighted by Crippen LogP contribution is 2.30. The number of hydrogen-bond donors (Lipinski definition) is 0. The fourth-order valence-electron chi connectivity index (χ4n) is 4.45. The quantitative estimate of drug-likeness (QED) is 0.756. The van der Waals surface area contributed by atoms with Gasteiger partial charge in [0.25, 0.3) is 5.91 Å². The Morgan fingerprint density at radius 3 is 2.37 bits per heavy atom. The van der Waals surface area contributed by atoms with Gasteiger partial charge in [0.1, 0.15) is 0 Å². The van der Waals surface area contributed by atoms with Crippen LogP contribution >= 0.6 is 0 Å². The third-order valence-corrected chi connectivity index (χ3v) is 7.47. The number of carbonyl (C=O) groups excluding carboxylic acids is 1. The maximum absolute atomic E-state index is 13.1. The first-order valence-corrected chi connectivity index (χ1v) is 12.3. The van der Waals surface area contributed by atoms with Gasteiger partial charge in [0, 0.05) is 44.0 Å². The summed E-state index contributed by atoms with van der Waals surface area (Å²) in [7, 11) is -3.30. The fraction of sp³-hybridized carbons (Fsp3) is 0.435. The average molecular weight is 428 g/mol. The summed E-state index contributed by atoms with van der Waals surface area (Å²) in [6.07, 6.45) is 2.80. The summed E-state index contributed by atoms with van der Waals surface area (Å²) in [5.74, 6) is 0.0230. The van der Waals surface area contributed by atoms with Crippen LogP contribution in [0.1, 0.15) is 33.5 Å². The van der Waals surface area contributed by atoms with Crippen molar-refractivity contribution >= 4 is 27.3 Å². The molecular formula is C23H29N3O3S. The van der Waals surface area contributed by atoms with Crippen LogP contribution < -0.4 is 9.21 Å². The number of carbonyl (C=O) groups is 1. The molecule has 1 fully saturated rings. The van der Waals surface area contributed by atoms with E-state index in [0.717, 1.165) is 31.5 Å². The van der Waals surface area contributed by atoms with Crippen LogP contribution in [0.2, 0.25) is 0 Å². The van der Waals surface area contributed by atoms with Crippen LogP contribution in [0, 0.1) is 13.8 Å². The predicted octanol–water partition coefficient (Wildman–Crippen LogP) is 2.98. The SMILES string of the molecule is Cc1cccc(N2CCN(C(=O)c3ccc4c(c3)CCCN4S(C)(=O)=O)CC2)c1C. The van der Waals surface area contributed by atoms with Crippen LogP contribution in [0.4, 0.5) is 11.4 Å². The van der Waals surface area contributed by atoms with Crippen LogP contribution in [-0.2, 0) is 16.4 Å². The molecule has 160 valence electrons. The van der Waals surface area contributed by atoms with E-state index in [2.05, 4.69) is 36.9 Å². The third kappa shape index (κ3) is 3.90. The van der Waals surface area contributed by atoms with Gasteiger partial charge in [0.05, 0.1) is 11.9 Å². The van der Waals surface area contributed by atoms with Crippen molar-refractivity contribution < 1.29 is 13.2 Å². The van der Waals surface area contributed by atoms with E-state index in [1.165, 1.54) is 27.4 Å². The van der Waals surface area contributed by atoms with E-state index in [0.29, 0.717) is 30.9 Å². The molecule has 2 aliphatic heterocycles. The maximum atomic E-state index is 13.1. The minimum absolute atomic E-state index is 0.0230. The first kappa shape index (κ1) is 20.7. The van der Waals surface area contributed by atoms with E-state index in [1.807, 2.05) is 11.0 Å². The van der Waals surface area contributed by atoms with Gasteiger partial charge in [-0.3, -0.25) is 9.10 Å². The second-order valence-electron chi connectivity index (χ2n) is 8.28. The standard InChI is InChI=1S/C23H29N3O3S/c1-17-6-4-8-21(18(17)2)24-12-14-25(15-13-24)23(27)20-9-10-22-19(16-20)7-5-11-26(22)30(3,28)29/h4,6,8-10,16H,5,7,11-15H2,1-3H3. The van der Waals surface area contributed by atoms with Gasteiger partial charge in [0.15, 0.2) is 0 Å². The molecule has 2 aromatic carbocycles. The molecule has 2 aliphatic rings. The molecular weight excluding hydrogens is 398 g/mol. The second-order valence-corrected chi connectivity index (χ2v) is 10.2. The summed E-state index contributed by atoms with van der Waals surface area (Å²) in [5.41, 5.74) is 6.11. The van der Waals surface area contributed by atoms with E-state index >= 15 is 0 Å². The average Bonchev–Trinajstić information content (AvgIpc) is 2.74. The molecule has 0 spiro atoms. The van der Waals surface area contributed by atoms with Crippen LogP contribution in [0.3, 0.4) is 0 Å². The third-order valence-electron chi connectivity index (χ3n) is 6.29. The molecule has 0 saturated carbocycles.